The van der Waals surface area contributed by atoms with Gasteiger partial charge in [-0.15, -0.1) is 0 Å². The van der Waals surface area contributed by atoms with Gasteiger partial charge in [-0.3, -0.25) is 14.4 Å². The Morgan fingerprint density at radius 2 is 1.78 bits per heavy atom. The summed E-state index contributed by atoms with van der Waals surface area (Å²) < 4.78 is 0. The second kappa shape index (κ2) is 4.70. The van der Waals surface area contributed by atoms with E-state index in [1.165, 1.54) is 0 Å². The predicted molar refractivity (Wildman–Crippen MR) is 72.0 cm³/mol. The molecule has 0 amide bonds. The number of nitrogens with one attached hydrogen (secondary N) is 1. The summed E-state index contributed by atoms with van der Waals surface area (Å²) in [6, 6.07) is 1.91. The summed E-state index contributed by atoms with van der Waals surface area (Å²) in [4.78, 5) is 63.6. The van der Waals surface area contributed by atoms with Gasteiger partial charge in [-0.2, -0.15) is 0 Å². The summed E-state index contributed by atoms with van der Waals surface area (Å²) in [5.74, 6) is -4.96. The van der Waals surface area contributed by atoms with Crippen LogP contribution in [0.5, 0.6) is 0 Å². The zero-order valence-corrected chi connectivity index (χ0v) is 11.1. The molecule has 3 rings (SSSR count). The lowest BCUT2D eigenvalue weighted by atomic mass is 9.88. The van der Waals surface area contributed by atoms with Gasteiger partial charge in [-0.25, -0.2) is 14.6 Å². The second-order valence-electron chi connectivity index (χ2n) is 4.68. The van der Waals surface area contributed by atoms with Crippen molar-refractivity contribution >= 4 is 29.8 Å². The minimum Gasteiger partial charge on any atom is -0.478 e. The molecule has 0 radical (unpaired) electrons. The molecule has 23 heavy (non-hydrogen) atoms. The summed E-state index contributed by atoms with van der Waals surface area (Å²) in [6.07, 6.45) is 0.247. The van der Waals surface area contributed by atoms with Crippen LogP contribution in [0.3, 0.4) is 0 Å². The molecule has 9 nitrogen and oxygen atoms in total. The molecule has 2 aromatic rings. The van der Waals surface area contributed by atoms with Gasteiger partial charge >= 0.3 is 11.9 Å². The van der Waals surface area contributed by atoms with Crippen molar-refractivity contribution in [3.63, 3.8) is 0 Å². The summed E-state index contributed by atoms with van der Waals surface area (Å²) in [5, 5.41) is 18.3. The topological polar surface area (TPSA) is 154 Å². The molecule has 0 spiro atoms. The van der Waals surface area contributed by atoms with Gasteiger partial charge in [0.15, 0.2) is 6.29 Å². The van der Waals surface area contributed by atoms with Crippen LogP contribution in [0.1, 0.15) is 52.2 Å². The van der Waals surface area contributed by atoms with Crippen LogP contribution in [-0.4, -0.2) is 50.0 Å². The zero-order valence-electron chi connectivity index (χ0n) is 11.1. The molecule has 0 saturated carbocycles. The van der Waals surface area contributed by atoms with Crippen molar-refractivity contribution in [2.24, 2.45) is 0 Å². The minimum absolute atomic E-state index is 0.121. The fourth-order valence-corrected chi connectivity index (χ4v) is 2.39. The van der Waals surface area contributed by atoms with Gasteiger partial charge in [0.2, 0.25) is 5.78 Å². The molecule has 1 aliphatic carbocycles. The number of aromatic nitrogens is 2. The van der Waals surface area contributed by atoms with Gasteiger partial charge < -0.3 is 15.2 Å². The number of fused-ring (bicyclic) bond motifs is 3. The number of carboxylic acids is 2. The van der Waals surface area contributed by atoms with E-state index in [0.29, 0.717) is 0 Å². The number of hydrogen-bond donors (Lipinski definition) is 3. The first kappa shape index (κ1) is 14.3. The maximum atomic E-state index is 12.1. The maximum Gasteiger partial charge on any atom is 0.352 e. The normalized spacial score (nSPS) is 12.5. The highest BCUT2D eigenvalue weighted by Crippen LogP contribution is 2.35. The molecule has 114 valence electrons. The largest absolute Gasteiger partial charge is 0.478 e. The average Bonchev–Trinajstić information content (AvgIpc) is 2.96. The monoisotopic (exact) mass is 314 g/mol. The maximum absolute atomic E-state index is 12.1. The third kappa shape index (κ3) is 1.94. The lowest BCUT2D eigenvalue weighted by molar-refractivity contribution is 0.0683. The first-order valence-electron chi connectivity index (χ1n) is 6.14. The van der Waals surface area contributed by atoms with E-state index in [4.69, 9.17) is 5.11 Å². The highest BCUT2D eigenvalue weighted by molar-refractivity contribution is 6.52. The molecule has 0 aliphatic heterocycles. The molecule has 3 N–H and O–H groups in total. The molecule has 0 aromatic carbocycles. The van der Waals surface area contributed by atoms with Crippen LogP contribution in [0.25, 0.3) is 11.3 Å². The van der Waals surface area contributed by atoms with E-state index in [9.17, 15) is 29.1 Å². The Bertz CT molecular complexity index is 939. The van der Waals surface area contributed by atoms with Gasteiger partial charge in [-0.1, -0.05) is 0 Å². The summed E-state index contributed by atoms with van der Waals surface area (Å²) in [6.45, 7) is 0. The lowest BCUT2D eigenvalue weighted by Crippen LogP contribution is -2.24. The van der Waals surface area contributed by atoms with E-state index in [1.807, 2.05) is 0 Å². The standard InChI is InChI=1S/C14H6N2O7/c17-3-4-1-5(13(20)21)8-9-6(2-7(16-9)14(22)23)11(18)12(19)10(8)15-4/h1-3,16H,(H,20,21)(H,22,23). The van der Waals surface area contributed by atoms with Crippen molar-refractivity contribution in [3.8, 4) is 11.3 Å². The second-order valence-corrected chi connectivity index (χ2v) is 4.68. The molecule has 0 atom stereocenters. The number of carbonyl (C=O) groups is 5. The fraction of sp³-hybridized carbons (Fsp3) is 0. The quantitative estimate of drug-likeness (QED) is 0.551. The summed E-state index contributed by atoms with van der Waals surface area (Å²) >= 11 is 0. The predicted octanol–water partition coefficient (Wildman–Crippen LogP) is 0.665. The number of pyridine rings is 1. The molecule has 2 heterocycles. The van der Waals surface area contributed by atoms with E-state index < -0.39 is 34.8 Å². The number of rotatable bonds is 3. The van der Waals surface area contributed by atoms with Crippen molar-refractivity contribution in [3.05, 3.63) is 40.3 Å². The number of ketones is 2. The van der Waals surface area contributed by atoms with Crippen molar-refractivity contribution in [1.82, 2.24) is 9.97 Å². The van der Waals surface area contributed by atoms with Crippen LogP contribution in [0.15, 0.2) is 12.1 Å². The van der Waals surface area contributed by atoms with Gasteiger partial charge in [0, 0.05) is 5.56 Å². The van der Waals surface area contributed by atoms with Gasteiger partial charge in [0.25, 0.3) is 5.78 Å². The van der Waals surface area contributed by atoms with Crippen molar-refractivity contribution in [2.45, 2.75) is 0 Å². The van der Waals surface area contributed by atoms with E-state index in [2.05, 4.69) is 9.97 Å². The lowest BCUT2D eigenvalue weighted by Gasteiger charge is -2.16. The van der Waals surface area contributed by atoms with E-state index in [1.54, 1.807) is 0 Å². The Labute approximate surface area is 126 Å². The Morgan fingerprint density at radius 3 is 2.35 bits per heavy atom. The molecule has 0 fully saturated rings. The van der Waals surface area contributed by atoms with Crippen LogP contribution >= 0.6 is 0 Å². The smallest absolute Gasteiger partial charge is 0.352 e. The highest BCUT2D eigenvalue weighted by atomic mass is 16.4. The van der Waals surface area contributed by atoms with Crippen LogP contribution in [0.4, 0.5) is 0 Å². The van der Waals surface area contributed by atoms with Crippen molar-refractivity contribution in [1.29, 1.82) is 0 Å². The van der Waals surface area contributed by atoms with Crippen LogP contribution in [-0.2, 0) is 0 Å². The average molecular weight is 314 g/mol. The third-order valence-electron chi connectivity index (χ3n) is 3.35. The Hall–Kier alpha value is -3.62. The fourth-order valence-electron chi connectivity index (χ4n) is 2.39. The number of aldehydes is 1. The highest BCUT2D eigenvalue weighted by Gasteiger charge is 2.37. The number of nitrogens with zero attached hydrogens (tertiary/aromatic N) is 1. The molecule has 0 saturated heterocycles. The summed E-state index contributed by atoms with van der Waals surface area (Å²) in [7, 11) is 0. The van der Waals surface area contributed by atoms with Gasteiger partial charge in [0.05, 0.1) is 16.8 Å². The molecule has 0 unspecified atom stereocenters. The van der Waals surface area contributed by atoms with Crippen LogP contribution < -0.4 is 0 Å². The van der Waals surface area contributed by atoms with Gasteiger partial charge in [-0.05, 0) is 12.1 Å². The van der Waals surface area contributed by atoms with Gasteiger partial charge in [0.1, 0.15) is 17.1 Å². The SMILES string of the molecule is O=Cc1cc(C(=O)O)c2c(n1)C(=O)C(=O)c1cc(C(=O)O)[nH]c1-2. The summed E-state index contributed by atoms with van der Waals surface area (Å²) in [5.41, 5.74) is -2.21. The molecular formula is C14H6N2O7. The number of aromatic amines is 1. The number of aromatic carboxylic acids is 2. The Kier molecular flexibility index (Phi) is 2.93. The number of Topliss-reactive ketones (excluding diaryl/α,β-unsaturated/α-hetero) is 2. The Morgan fingerprint density at radius 1 is 1.09 bits per heavy atom. The number of carboxylic acid groups (broad SMARTS) is 2. The molecule has 1 aliphatic rings. The first-order chi connectivity index (χ1) is 10.8. The van der Waals surface area contributed by atoms with Crippen molar-refractivity contribution < 1.29 is 34.2 Å². The Balaban J connectivity index is 2.44. The van der Waals surface area contributed by atoms with E-state index >= 15 is 0 Å². The van der Waals surface area contributed by atoms with Crippen molar-refractivity contribution in [2.75, 3.05) is 0 Å². The van der Waals surface area contributed by atoms with E-state index in [0.717, 1.165) is 12.1 Å². The van der Waals surface area contributed by atoms with E-state index in [-0.39, 0.29) is 34.5 Å². The molecule has 0 bridgehead atoms. The number of carbonyl (C=O) groups excluding carboxylic acids is 3. The van der Waals surface area contributed by atoms with Crippen LogP contribution in [0, 0.1) is 0 Å². The zero-order chi connectivity index (χ0) is 16.9. The number of H-pyrrole nitrogens is 1. The van der Waals surface area contributed by atoms with Crippen LogP contribution in [0.2, 0.25) is 0 Å². The molecule has 2 aromatic heterocycles. The third-order valence-corrected chi connectivity index (χ3v) is 3.35. The molecular weight excluding hydrogens is 308 g/mol. The molecule has 9 heteroatoms. The number of hydrogen-bond acceptors (Lipinski definition) is 6. The first-order valence-corrected chi connectivity index (χ1v) is 6.14. The minimum atomic E-state index is -1.45.